The minimum Gasteiger partial charge on any atom is -0.490 e. The first kappa shape index (κ1) is 19.7. The van der Waals surface area contributed by atoms with Gasteiger partial charge in [-0.1, -0.05) is 43.6 Å². The van der Waals surface area contributed by atoms with E-state index in [-0.39, 0.29) is 17.1 Å². The predicted molar refractivity (Wildman–Crippen MR) is 106 cm³/mol. The lowest BCUT2D eigenvalue weighted by molar-refractivity contribution is 0.125. The van der Waals surface area contributed by atoms with Gasteiger partial charge in [0.25, 0.3) is 0 Å². The fraction of sp³-hybridized carbons (Fsp3) is 0.500. The van der Waals surface area contributed by atoms with Crippen LogP contribution in [0, 0.1) is 0 Å². The van der Waals surface area contributed by atoms with Crippen LogP contribution in [-0.2, 0) is 15.4 Å². The van der Waals surface area contributed by atoms with E-state index in [1.165, 1.54) is 0 Å². The molecule has 3 rings (SSSR count). The van der Waals surface area contributed by atoms with Crippen LogP contribution in [0.3, 0.4) is 0 Å². The molecule has 0 bridgehead atoms. The number of sulfone groups is 1. The highest BCUT2D eigenvalue weighted by molar-refractivity contribution is 7.92. The molecule has 1 saturated carbocycles. The largest absolute Gasteiger partial charge is 0.490 e. The Bertz CT molecular complexity index is 1030. The van der Waals surface area contributed by atoms with Gasteiger partial charge in [0.2, 0.25) is 0 Å². The van der Waals surface area contributed by atoms with E-state index in [4.69, 9.17) is 21.9 Å². The maximum Gasteiger partial charge on any atom is 0.153 e. The van der Waals surface area contributed by atoms with Crippen LogP contribution >= 0.6 is 11.6 Å². The molecule has 0 radical (unpaired) electrons. The molecule has 1 aromatic heterocycles. The highest BCUT2D eigenvalue weighted by Gasteiger charge is 2.39. The van der Waals surface area contributed by atoms with Gasteiger partial charge >= 0.3 is 0 Å². The molecule has 1 heterocycles. The van der Waals surface area contributed by atoms with Gasteiger partial charge in [-0.3, -0.25) is 0 Å². The molecule has 0 N–H and O–H groups in total. The summed E-state index contributed by atoms with van der Waals surface area (Å²) in [4.78, 5) is 7.08. The van der Waals surface area contributed by atoms with Gasteiger partial charge in [0.1, 0.15) is 17.0 Å². The van der Waals surface area contributed by atoms with Crippen molar-refractivity contribution in [3.63, 3.8) is 0 Å². The second kappa shape index (κ2) is 7.19. The lowest BCUT2D eigenvalue weighted by Gasteiger charge is -2.35. The van der Waals surface area contributed by atoms with Crippen molar-refractivity contribution in [3.05, 3.63) is 45.6 Å². The average molecular weight is 409 g/mol. The summed E-state index contributed by atoms with van der Waals surface area (Å²) in [6.45, 7) is 5.31. The third kappa shape index (κ3) is 3.83. The van der Waals surface area contributed by atoms with Crippen molar-refractivity contribution in [2.24, 2.45) is 5.11 Å². The number of rotatable bonds is 6. The van der Waals surface area contributed by atoms with E-state index in [0.29, 0.717) is 23.7 Å². The van der Waals surface area contributed by atoms with Crippen molar-refractivity contribution in [1.82, 2.24) is 4.98 Å². The van der Waals surface area contributed by atoms with Crippen molar-refractivity contribution in [2.45, 2.75) is 50.5 Å². The van der Waals surface area contributed by atoms with Crippen LogP contribution in [0.2, 0.25) is 5.15 Å². The second-order valence-electron chi connectivity index (χ2n) is 7.20. The molecule has 0 spiro atoms. The fourth-order valence-electron chi connectivity index (χ4n) is 3.31. The van der Waals surface area contributed by atoms with Crippen LogP contribution < -0.4 is 4.74 Å². The standard InChI is InChI=1S/C18H21ClN4O3S/c1-4-27(24,25)12-7-11(8-12)26-16-6-5-15(18(2,3)22-23-20)13-9-17(19)21-10-14(13)16/h5-6,9-12H,4,7-8H2,1-3H3. The first-order valence-corrected chi connectivity index (χ1v) is 10.8. The number of ether oxygens (including phenoxy) is 1. The Labute approximate surface area is 163 Å². The molecule has 0 atom stereocenters. The number of hydrogen-bond acceptors (Lipinski definition) is 5. The third-order valence-electron chi connectivity index (χ3n) is 5.04. The van der Waals surface area contributed by atoms with Crippen molar-refractivity contribution < 1.29 is 13.2 Å². The molecule has 1 fully saturated rings. The summed E-state index contributed by atoms with van der Waals surface area (Å²) >= 11 is 6.08. The van der Waals surface area contributed by atoms with Gasteiger partial charge in [-0.2, -0.15) is 0 Å². The molecule has 7 nitrogen and oxygen atoms in total. The van der Waals surface area contributed by atoms with E-state index in [9.17, 15) is 8.42 Å². The number of azide groups is 1. The maximum atomic E-state index is 11.9. The molecule has 0 unspecified atom stereocenters. The minimum absolute atomic E-state index is 0.147. The summed E-state index contributed by atoms with van der Waals surface area (Å²) in [5.41, 5.74) is 8.90. The van der Waals surface area contributed by atoms with Gasteiger partial charge in [0, 0.05) is 35.1 Å². The second-order valence-corrected chi connectivity index (χ2v) is 10.2. The zero-order valence-electron chi connectivity index (χ0n) is 15.4. The van der Waals surface area contributed by atoms with E-state index in [1.54, 1.807) is 19.2 Å². The van der Waals surface area contributed by atoms with Gasteiger partial charge in [0.15, 0.2) is 9.84 Å². The molecular formula is C18H21ClN4O3S. The van der Waals surface area contributed by atoms with Crippen molar-refractivity contribution >= 4 is 32.2 Å². The monoisotopic (exact) mass is 408 g/mol. The zero-order valence-corrected chi connectivity index (χ0v) is 17.0. The zero-order chi connectivity index (χ0) is 19.8. The molecule has 1 aliphatic carbocycles. The van der Waals surface area contributed by atoms with E-state index >= 15 is 0 Å². The van der Waals surface area contributed by atoms with Crippen LogP contribution in [0.4, 0.5) is 0 Å². The Balaban J connectivity index is 1.94. The van der Waals surface area contributed by atoms with Crippen LogP contribution in [0.25, 0.3) is 21.2 Å². The maximum absolute atomic E-state index is 11.9. The van der Waals surface area contributed by atoms with Crippen molar-refractivity contribution in [2.75, 3.05) is 5.75 Å². The van der Waals surface area contributed by atoms with E-state index in [1.807, 2.05) is 26.0 Å². The van der Waals surface area contributed by atoms with Crippen LogP contribution in [-0.4, -0.2) is 30.5 Å². The van der Waals surface area contributed by atoms with Gasteiger partial charge in [-0.25, -0.2) is 13.4 Å². The number of fused-ring (bicyclic) bond motifs is 1. The summed E-state index contributed by atoms with van der Waals surface area (Å²) in [6, 6.07) is 5.38. The molecular weight excluding hydrogens is 388 g/mol. The Morgan fingerprint density at radius 2 is 2.07 bits per heavy atom. The number of pyridine rings is 1. The fourth-order valence-corrected chi connectivity index (χ4v) is 4.96. The van der Waals surface area contributed by atoms with E-state index in [0.717, 1.165) is 16.3 Å². The molecule has 1 aromatic carbocycles. The quantitative estimate of drug-likeness (QED) is 0.297. The van der Waals surface area contributed by atoms with Gasteiger partial charge in [-0.05, 0) is 28.6 Å². The summed E-state index contributed by atoms with van der Waals surface area (Å²) in [5, 5.41) is 5.43. The van der Waals surface area contributed by atoms with Gasteiger partial charge in [0.05, 0.1) is 10.8 Å². The molecule has 27 heavy (non-hydrogen) atoms. The van der Waals surface area contributed by atoms with Crippen LogP contribution in [0.5, 0.6) is 5.75 Å². The molecule has 0 aliphatic heterocycles. The summed E-state index contributed by atoms with van der Waals surface area (Å²) in [5.74, 6) is 0.769. The Kier molecular flexibility index (Phi) is 5.25. The Morgan fingerprint density at radius 3 is 2.70 bits per heavy atom. The molecule has 2 aromatic rings. The SMILES string of the molecule is CCS(=O)(=O)C1CC(Oc2ccc(C(C)(C)N=[N+]=[N-])c3cc(Cl)ncc23)C1. The number of aromatic nitrogens is 1. The predicted octanol–water partition coefficient (Wildman–Crippen LogP) is 4.78. The summed E-state index contributed by atoms with van der Waals surface area (Å²) in [7, 11) is -3.02. The smallest absolute Gasteiger partial charge is 0.153 e. The molecule has 1 aliphatic rings. The number of benzene rings is 1. The van der Waals surface area contributed by atoms with Gasteiger partial charge in [-0.15, -0.1) is 0 Å². The topological polar surface area (TPSA) is 105 Å². The van der Waals surface area contributed by atoms with E-state index < -0.39 is 15.4 Å². The first-order valence-electron chi connectivity index (χ1n) is 8.71. The van der Waals surface area contributed by atoms with Crippen LogP contribution in [0.15, 0.2) is 29.5 Å². The number of hydrogen-bond donors (Lipinski definition) is 0. The lowest BCUT2D eigenvalue weighted by atomic mass is 9.90. The van der Waals surface area contributed by atoms with Crippen LogP contribution in [0.1, 0.15) is 39.2 Å². The van der Waals surface area contributed by atoms with Crippen molar-refractivity contribution in [3.8, 4) is 5.75 Å². The Hall–Kier alpha value is -2.02. The molecule has 0 amide bonds. The molecule has 9 heteroatoms. The van der Waals surface area contributed by atoms with Crippen molar-refractivity contribution in [1.29, 1.82) is 0 Å². The Morgan fingerprint density at radius 1 is 1.37 bits per heavy atom. The average Bonchev–Trinajstić information content (AvgIpc) is 2.56. The normalized spacial score (nSPS) is 20.0. The van der Waals surface area contributed by atoms with E-state index in [2.05, 4.69) is 15.0 Å². The number of nitrogens with zero attached hydrogens (tertiary/aromatic N) is 4. The minimum atomic E-state index is -3.02. The summed E-state index contributed by atoms with van der Waals surface area (Å²) < 4.78 is 29.9. The number of halogens is 1. The molecule has 144 valence electrons. The highest BCUT2D eigenvalue weighted by Crippen LogP contribution is 2.39. The lowest BCUT2D eigenvalue weighted by Crippen LogP contribution is -2.43. The molecule has 0 saturated heterocycles. The summed E-state index contributed by atoms with van der Waals surface area (Å²) in [6.07, 6.45) is 2.46. The third-order valence-corrected chi connectivity index (χ3v) is 7.45. The van der Waals surface area contributed by atoms with Gasteiger partial charge < -0.3 is 4.74 Å². The highest BCUT2D eigenvalue weighted by atomic mass is 35.5. The first-order chi connectivity index (χ1) is 12.7.